The number of piperazine rings is 1. The fourth-order valence-electron chi connectivity index (χ4n) is 9.83. The molecule has 4 atom stereocenters. The number of carbonyl (C=O) groups excluding carboxylic acids is 3. The van der Waals surface area contributed by atoms with Crippen molar-refractivity contribution < 1.29 is 19.5 Å². The van der Waals surface area contributed by atoms with E-state index >= 15 is 4.79 Å². The molecule has 4 heterocycles. The minimum atomic E-state index is -0.734. The predicted molar refractivity (Wildman–Crippen MR) is 223 cm³/mol. The second kappa shape index (κ2) is 16.9. The Morgan fingerprint density at radius 3 is 2.23 bits per heavy atom. The van der Waals surface area contributed by atoms with Gasteiger partial charge in [0.2, 0.25) is 17.8 Å². The van der Waals surface area contributed by atoms with Crippen LogP contribution < -0.4 is 4.90 Å². The van der Waals surface area contributed by atoms with Gasteiger partial charge in [-0.1, -0.05) is 63.6 Å². The Labute approximate surface area is 343 Å². The van der Waals surface area contributed by atoms with Crippen LogP contribution in [-0.4, -0.2) is 124 Å². The number of aromatic hydroxyl groups is 1. The summed E-state index contributed by atoms with van der Waals surface area (Å²) in [5, 5.41) is 11.6. The highest BCUT2D eigenvalue weighted by molar-refractivity contribution is 6.30. The molecule has 3 amide bonds. The number of amides is 3. The first kappa shape index (κ1) is 41.0. The van der Waals surface area contributed by atoms with Crippen molar-refractivity contribution in [1.29, 1.82) is 0 Å². The third-order valence-corrected chi connectivity index (χ3v) is 13.4. The van der Waals surface area contributed by atoms with Crippen LogP contribution in [0.5, 0.6) is 5.75 Å². The fraction of sp³-hybridized carbons (Fsp3) is 0.578. The zero-order valence-corrected chi connectivity index (χ0v) is 35.1. The van der Waals surface area contributed by atoms with Crippen LogP contribution in [0.4, 0.5) is 5.95 Å². The number of phenols is 1. The van der Waals surface area contributed by atoms with E-state index in [0.29, 0.717) is 61.4 Å². The molecule has 4 aliphatic rings. The van der Waals surface area contributed by atoms with Crippen LogP contribution in [-0.2, 0) is 9.59 Å². The number of nitrogens with zero attached hydrogens (tertiary/aromatic N) is 7. The molecule has 1 aromatic heterocycles. The van der Waals surface area contributed by atoms with Gasteiger partial charge in [-0.25, -0.2) is 9.97 Å². The zero-order valence-electron chi connectivity index (χ0n) is 34.3. The van der Waals surface area contributed by atoms with Crippen LogP contribution in [0.2, 0.25) is 5.02 Å². The number of phenolic OH excluding ortho intramolecular Hbond substituents is 1. The van der Waals surface area contributed by atoms with Gasteiger partial charge in [-0.15, -0.1) is 0 Å². The molecule has 0 radical (unpaired) electrons. The largest absolute Gasteiger partial charge is 0.507 e. The Morgan fingerprint density at radius 2 is 1.56 bits per heavy atom. The summed E-state index contributed by atoms with van der Waals surface area (Å²) in [5.74, 6) is -0.101. The number of benzene rings is 2. The molecule has 3 saturated heterocycles. The molecule has 4 fully saturated rings. The quantitative estimate of drug-likeness (QED) is 0.245. The molecule has 3 aromatic rings. The Balaban J connectivity index is 1.22. The number of likely N-dealkylation sites (tertiary alicyclic amines) is 1. The third-order valence-electron chi connectivity index (χ3n) is 13.2. The fourth-order valence-corrected chi connectivity index (χ4v) is 9.96. The van der Waals surface area contributed by atoms with Gasteiger partial charge < -0.3 is 29.6 Å². The van der Waals surface area contributed by atoms with Crippen LogP contribution in [0, 0.1) is 22.7 Å². The second-order valence-electron chi connectivity index (χ2n) is 18.7. The molecule has 7 rings (SSSR count). The molecule has 1 aliphatic carbocycles. The molecule has 12 heteroatoms. The van der Waals surface area contributed by atoms with E-state index < -0.39 is 18.0 Å². The molecule has 0 bridgehead atoms. The number of likely N-dealkylation sites (N-methyl/N-ethyl adjacent to an activating group) is 1. The van der Waals surface area contributed by atoms with Crippen LogP contribution in [0.15, 0.2) is 67.0 Å². The number of aromatic nitrogens is 2. The van der Waals surface area contributed by atoms with Crippen molar-refractivity contribution in [3.05, 3.63) is 83.1 Å². The summed E-state index contributed by atoms with van der Waals surface area (Å²) < 4.78 is 0. The Kier molecular flexibility index (Phi) is 12.2. The van der Waals surface area contributed by atoms with Gasteiger partial charge in [-0.3, -0.25) is 14.4 Å². The maximum atomic E-state index is 15.3. The van der Waals surface area contributed by atoms with Gasteiger partial charge in [-0.05, 0) is 98.2 Å². The SMILES string of the molecule is CN1CCN(C(=O)[C@@H]2C[C@H](N(CC(C)(C)CC3CCC(C)(C)CC3)C(=O)c3ccccc3O)CN2C(=O)[C@@H]2CN(c3ncccn3)C[C@H]2c2ccc(Cl)cc2)CC1. The number of rotatable bonds is 10. The summed E-state index contributed by atoms with van der Waals surface area (Å²) in [6, 6.07) is 15.0. The average Bonchev–Trinajstić information content (AvgIpc) is 3.85. The van der Waals surface area contributed by atoms with Gasteiger partial charge in [0.25, 0.3) is 5.91 Å². The van der Waals surface area contributed by atoms with Crippen molar-refractivity contribution in [2.75, 3.05) is 64.3 Å². The monoisotopic (exact) mass is 797 g/mol. The number of halogens is 1. The highest BCUT2D eigenvalue weighted by atomic mass is 35.5. The van der Waals surface area contributed by atoms with E-state index in [9.17, 15) is 14.7 Å². The average molecular weight is 798 g/mol. The lowest BCUT2D eigenvalue weighted by atomic mass is 9.69. The van der Waals surface area contributed by atoms with E-state index in [1.165, 1.54) is 25.7 Å². The van der Waals surface area contributed by atoms with Crippen molar-refractivity contribution >= 4 is 35.3 Å². The molecule has 306 valence electrons. The normalized spacial score (nSPS) is 24.5. The van der Waals surface area contributed by atoms with E-state index in [0.717, 1.165) is 25.1 Å². The van der Waals surface area contributed by atoms with E-state index in [4.69, 9.17) is 11.6 Å². The molecule has 3 aliphatic heterocycles. The number of para-hydroxylation sites is 1. The van der Waals surface area contributed by atoms with Gasteiger partial charge in [-0.2, -0.15) is 0 Å². The second-order valence-corrected chi connectivity index (χ2v) is 19.1. The Morgan fingerprint density at radius 1 is 0.895 bits per heavy atom. The Hall–Kier alpha value is -4.22. The molecule has 57 heavy (non-hydrogen) atoms. The molecular formula is C45H60ClN7O4. The highest BCUT2D eigenvalue weighted by Crippen LogP contribution is 2.44. The van der Waals surface area contributed by atoms with Gasteiger partial charge in [0.05, 0.1) is 17.5 Å². The number of hydrogen-bond donors (Lipinski definition) is 1. The summed E-state index contributed by atoms with van der Waals surface area (Å²) >= 11 is 6.32. The lowest BCUT2D eigenvalue weighted by Crippen LogP contribution is -2.54. The van der Waals surface area contributed by atoms with Crippen LogP contribution >= 0.6 is 11.6 Å². The molecule has 2 aromatic carbocycles. The summed E-state index contributed by atoms with van der Waals surface area (Å²) in [4.78, 5) is 63.6. The van der Waals surface area contributed by atoms with Crippen molar-refractivity contribution in [1.82, 2.24) is 29.6 Å². The molecule has 1 N–H and O–H groups in total. The first-order chi connectivity index (χ1) is 27.2. The summed E-state index contributed by atoms with van der Waals surface area (Å²) in [5.41, 5.74) is 1.33. The maximum absolute atomic E-state index is 15.3. The first-order valence-corrected chi connectivity index (χ1v) is 21.2. The van der Waals surface area contributed by atoms with E-state index in [2.05, 4.69) is 54.5 Å². The Bertz CT molecular complexity index is 1870. The maximum Gasteiger partial charge on any atom is 0.257 e. The number of anilines is 1. The number of hydrogen-bond acceptors (Lipinski definition) is 8. The van der Waals surface area contributed by atoms with Crippen LogP contribution in [0.1, 0.15) is 88.1 Å². The predicted octanol–water partition coefficient (Wildman–Crippen LogP) is 6.57. The summed E-state index contributed by atoms with van der Waals surface area (Å²) in [7, 11) is 2.06. The van der Waals surface area contributed by atoms with Gasteiger partial charge >= 0.3 is 0 Å². The van der Waals surface area contributed by atoms with Crippen molar-refractivity contribution in [3.8, 4) is 5.75 Å². The van der Waals surface area contributed by atoms with Crippen LogP contribution in [0.3, 0.4) is 0 Å². The summed E-state index contributed by atoms with van der Waals surface area (Å²) in [6.07, 6.45) is 9.42. The molecule has 11 nitrogen and oxygen atoms in total. The van der Waals surface area contributed by atoms with E-state index in [1.807, 2.05) is 34.1 Å². The zero-order chi connectivity index (χ0) is 40.5. The van der Waals surface area contributed by atoms with Crippen molar-refractivity contribution in [3.63, 3.8) is 0 Å². The van der Waals surface area contributed by atoms with Gasteiger partial charge in [0, 0.05) is 75.7 Å². The van der Waals surface area contributed by atoms with Gasteiger partial charge in [0.1, 0.15) is 11.8 Å². The van der Waals surface area contributed by atoms with Gasteiger partial charge in [0.15, 0.2) is 0 Å². The molecular weight excluding hydrogens is 738 g/mol. The summed E-state index contributed by atoms with van der Waals surface area (Å²) in [6.45, 7) is 13.4. The van der Waals surface area contributed by atoms with Crippen LogP contribution in [0.25, 0.3) is 0 Å². The minimum absolute atomic E-state index is 0.0673. The highest BCUT2D eigenvalue weighted by Gasteiger charge is 2.50. The number of carbonyl (C=O) groups is 3. The van der Waals surface area contributed by atoms with Crippen molar-refractivity contribution in [2.24, 2.45) is 22.7 Å². The molecule has 0 spiro atoms. The molecule has 1 saturated carbocycles. The van der Waals surface area contributed by atoms with E-state index in [-0.39, 0.29) is 46.9 Å². The van der Waals surface area contributed by atoms with E-state index in [1.54, 1.807) is 47.6 Å². The standard InChI is InChI=1S/C45H60ClN7O4/c1-44(2)17-15-31(16-18-44)26-45(3,4)30-53(40(55)35-9-6-7-10-39(35)54)34-25-38(42(57)50-23-21-49(5)22-24-50)52(27-34)41(56)37-29-51(43-47-19-8-20-48-43)28-36(37)32-11-13-33(46)14-12-32/h6-14,19-20,31,34,36-38,54H,15-18,21-30H2,1-5H3/t34-,36-,37+,38-/m0/s1. The smallest absolute Gasteiger partial charge is 0.257 e. The topological polar surface area (TPSA) is 113 Å². The minimum Gasteiger partial charge on any atom is -0.507 e. The molecule has 0 unspecified atom stereocenters. The first-order valence-electron chi connectivity index (χ1n) is 20.8. The lowest BCUT2D eigenvalue weighted by Gasteiger charge is -2.41. The third kappa shape index (κ3) is 9.41. The van der Waals surface area contributed by atoms with Crippen molar-refractivity contribution in [2.45, 2.75) is 84.2 Å². The lowest BCUT2D eigenvalue weighted by molar-refractivity contribution is -0.146.